The van der Waals surface area contributed by atoms with Crippen LogP contribution >= 0.6 is 11.3 Å². The van der Waals surface area contributed by atoms with E-state index in [1.54, 1.807) is 0 Å². The summed E-state index contributed by atoms with van der Waals surface area (Å²) in [5.41, 5.74) is 3.84. The minimum atomic E-state index is -4.92. The first-order valence-electron chi connectivity index (χ1n) is 8.97. The zero-order valence-electron chi connectivity index (χ0n) is 15.5. The minimum Gasteiger partial charge on any atom is -0.321 e. The molecule has 0 radical (unpaired) electrons. The van der Waals surface area contributed by atoms with E-state index in [2.05, 4.69) is 0 Å². The SMILES string of the molecule is NC(Cc1csc2ccccc12)C(=O)CCc1cc(C(F)(F)F)cc(C(F)(F)F)c1. The molecule has 9 heteroatoms. The van der Waals surface area contributed by atoms with Crippen LogP contribution in [0, 0.1) is 0 Å². The maximum absolute atomic E-state index is 12.9. The van der Waals surface area contributed by atoms with Gasteiger partial charge in [-0.05, 0) is 59.0 Å². The van der Waals surface area contributed by atoms with Gasteiger partial charge < -0.3 is 5.73 Å². The van der Waals surface area contributed by atoms with Crippen LogP contribution in [0.4, 0.5) is 26.3 Å². The largest absolute Gasteiger partial charge is 0.416 e. The normalized spacial score (nSPS) is 13.6. The number of Topliss-reactive ketones (excluding diaryl/α,β-unsaturated/α-hetero) is 1. The Hall–Kier alpha value is -2.39. The van der Waals surface area contributed by atoms with Gasteiger partial charge in [-0.15, -0.1) is 11.3 Å². The molecule has 1 heterocycles. The van der Waals surface area contributed by atoms with Crippen molar-refractivity contribution in [3.05, 3.63) is 70.1 Å². The van der Waals surface area contributed by atoms with Crippen molar-refractivity contribution in [3.8, 4) is 0 Å². The molecule has 0 saturated heterocycles. The smallest absolute Gasteiger partial charge is 0.321 e. The van der Waals surface area contributed by atoms with E-state index in [-0.39, 0.29) is 30.9 Å². The number of benzene rings is 2. The number of hydrogen-bond acceptors (Lipinski definition) is 3. The standard InChI is InChI=1S/C21H17F6NOS/c22-20(23,24)14-7-12(8-15(10-14)21(25,26)27)5-6-18(29)17(28)9-13-11-30-19-4-2-1-3-16(13)19/h1-4,7-8,10-11,17H,5-6,9,28H2. The summed E-state index contributed by atoms with van der Waals surface area (Å²) in [6, 6.07) is 8.04. The number of ketones is 1. The van der Waals surface area contributed by atoms with Crippen molar-refractivity contribution in [2.45, 2.75) is 37.7 Å². The molecular weight excluding hydrogens is 428 g/mol. The van der Waals surface area contributed by atoms with E-state index in [1.165, 1.54) is 11.3 Å². The molecule has 3 rings (SSSR count). The molecular formula is C21H17F6NOS. The monoisotopic (exact) mass is 445 g/mol. The number of carbonyl (C=O) groups is 1. The summed E-state index contributed by atoms with van der Waals surface area (Å²) < 4.78 is 78.7. The molecule has 1 aromatic heterocycles. The Labute approximate surface area is 172 Å². The Kier molecular flexibility index (Phi) is 6.24. The fraction of sp³-hybridized carbons (Fsp3) is 0.286. The molecule has 0 aliphatic carbocycles. The third-order valence-electron chi connectivity index (χ3n) is 4.72. The number of thiophene rings is 1. The first kappa shape index (κ1) is 22.3. The number of alkyl halides is 6. The van der Waals surface area contributed by atoms with Crippen molar-refractivity contribution >= 4 is 27.2 Å². The second-order valence-electron chi connectivity index (χ2n) is 6.95. The number of carbonyl (C=O) groups excluding carboxylic acids is 1. The lowest BCUT2D eigenvalue weighted by Crippen LogP contribution is -2.32. The lowest BCUT2D eigenvalue weighted by molar-refractivity contribution is -0.143. The number of halogens is 6. The molecule has 2 nitrogen and oxygen atoms in total. The summed E-state index contributed by atoms with van der Waals surface area (Å²) in [5, 5.41) is 2.86. The van der Waals surface area contributed by atoms with Gasteiger partial charge >= 0.3 is 12.4 Å². The molecule has 1 unspecified atom stereocenters. The Balaban J connectivity index is 1.71. The number of rotatable bonds is 6. The first-order chi connectivity index (χ1) is 13.9. The van der Waals surface area contributed by atoms with Crippen molar-refractivity contribution in [2.24, 2.45) is 5.73 Å². The first-order valence-corrected chi connectivity index (χ1v) is 9.85. The second-order valence-corrected chi connectivity index (χ2v) is 7.86. The molecule has 0 amide bonds. The van der Waals surface area contributed by atoms with Crippen molar-refractivity contribution in [1.29, 1.82) is 0 Å². The van der Waals surface area contributed by atoms with E-state index in [0.717, 1.165) is 15.6 Å². The minimum absolute atomic E-state index is 0.0682. The lowest BCUT2D eigenvalue weighted by atomic mass is 9.96. The summed E-state index contributed by atoms with van der Waals surface area (Å²) in [6.07, 6.45) is -10.1. The number of nitrogens with two attached hydrogens (primary N) is 1. The quantitative estimate of drug-likeness (QED) is 0.472. The highest BCUT2D eigenvalue weighted by Gasteiger charge is 2.36. The highest BCUT2D eigenvalue weighted by molar-refractivity contribution is 7.17. The molecule has 0 aliphatic rings. The van der Waals surface area contributed by atoms with Crippen LogP contribution in [0.25, 0.3) is 10.1 Å². The van der Waals surface area contributed by atoms with Gasteiger partial charge in [0.05, 0.1) is 17.2 Å². The summed E-state index contributed by atoms with van der Waals surface area (Å²) in [7, 11) is 0. The average Bonchev–Trinajstić information content (AvgIpc) is 3.07. The van der Waals surface area contributed by atoms with Crippen LogP contribution in [0.1, 0.15) is 28.7 Å². The molecule has 3 aromatic rings. The van der Waals surface area contributed by atoms with Gasteiger partial charge in [0.15, 0.2) is 0 Å². The van der Waals surface area contributed by atoms with Gasteiger partial charge in [0.2, 0.25) is 0 Å². The predicted molar refractivity (Wildman–Crippen MR) is 103 cm³/mol. The highest BCUT2D eigenvalue weighted by atomic mass is 32.1. The van der Waals surface area contributed by atoms with Gasteiger partial charge in [-0.25, -0.2) is 0 Å². The summed E-state index contributed by atoms with van der Waals surface area (Å²) in [6.45, 7) is 0. The molecule has 0 spiro atoms. The number of fused-ring (bicyclic) bond motifs is 1. The molecule has 0 fully saturated rings. The Morgan fingerprint density at radius 2 is 1.57 bits per heavy atom. The molecule has 0 saturated carbocycles. The van der Waals surface area contributed by atoms with Crippen LogP contribution in [-0.4, -0.2) is 11.8 Å². The lowest BCUT2D eigenvalue weighted by Gasteiger charge is -2.15. The Morgan fingerprint density at radius 1 is 0.967 bits per heavy atom. The van der Waals surface area contributed by atoms with E-state index in [9.17, 15) is 31.1 Å². The zero-order valence-corrected chi connectivity index (χ0v) is 16.3. The average molecular weight is 445 g/mol. The van der Waals surface area contributed by atoms with Crippen molar-refractivity contribution < 1.29 is 31.1 Å². The summed E-state index contributed by atoms with van der Waals surface area (Å²) in [4.78, 5) is 12.4. The Bertz CT molecular complexity index is 1020. The van der Waals surface area contributed by atoms with Crippen LogP contribution < -0.4 is 5.73 Å². The molecule has 2 aromatic carbocycles. The third-order valence-corrected chi connectivity index (χ3v) is 5.73. The maximum atomic E-state index is 12.9. The molecule has 30 heavy (non-hydrogen) atoms. The van der Waals surface area contributed by atoms with E-state index in [0.29, 0.717) is 12.1 Å². The van der Waals surface area contributed by atoms with E-state index in [1.807, 2.05) is 29.6 Å². The number of aryl methyl sites for hydroxylation is 1. The zero-order chi connectivity index (χ0) is 22.1. The van der Waals surface area contributed by atoms with Gasteiger partial charge in [-0.2, -0.15) is 26.3 Å². The number of hydrogen-bond donors (Lipinski definition) is 1. The second kappa shape index (κ2) is 8.39. The van der Waals surface area contributed by atoms with Crippen molar-refractivity contribution in [2.75, 3.05) is 0 Å². The van der Waals surface area contributed by atoms with E-state index < -0.39 is 35.3 Å². The van der Waals surface area contributed by atoms with E-state index in [4.69, 9.17) is 5.73 Å². The third kappa shape index (κ3) is 5.20. The van der Waals surface area contributed by atoms with Crippen LogP contribution in [0.15, 0.2) is 47.8 Å². The maximum Gasteiger partial charge on any atom is 0.416 e. The van der Waals surface area contributed by atoms with Crippen LogP contribution in [-0.2, 0) is 30.0 Å². The summed E-state index contributed by atoms with van der Waals surface area (Å²) in [5.74, 6) is -0.420. The molecule has 0 aliphatic heterocycles. The van der Waals surface area contributed by atoms with Crippen LogP contribution in [0.5, 0.6) is 0 Å². The fourth-order valence-corrected chi connectivity index (χ4v) is 4.13. The molecule has 0 bridgehead atoms. The van der Waals surface area contributed by atoms with Crippen LogP contribution in [0.3, 0.4) is 0 Å². The van der Waals surface area contributed by atoms with Gasteiger partial charge in [0.1, 0.15) is 5.78 Å². The van der Waals surface area contributed by atoms with Gasteiger partial charge in [-0.3, -0.25) is 4.79 Å². The molecule has 1 atom stereocenters. The van der Waals surface area contributed by atoms with Gasteiger partial charge in [-0.1, -0.05) is 18.2 Å². The van der Waals surface area contributed by atoms with Crippen molar-refractivity contribution in [1.82, 2.24) is 0 Å². The topological polar surface area (TPSA) is 43.1 Å². The van der Waals surface area contributed by atoms with Gasteiger partial charge in [0, 0.05) is 11.1 Å². The van der Waals surface area contributed by atoms with E-state index >= 15 is 0 Å². The Morgan fingerprint density at radius 3 is 2.17 bits per heavy atom. The fourth-order valence-electron chi connectivity index (χ4n) is 3.16. The van der Waals surface area contributed by atoms with Gasteiger partial charge in [0.25, 0.3) is 0 Å². The molecule has 160 valence electrons. The molecule has 2 N–H and O–H groups in total. The highest BCUT2D eigenvalue weighted by Crippen LogP contribution is 2.36. The predicted octanol–water partition coefficient (Wildman–Crippen LogP) is 6.01. The van der Waals surface area contributed by atoms with Crippen LogP contribution in [0.2, 0.25) is 0 Å². The summed E-state index contributed by atoms with van der Waals surface area (Å²) >= 11 is 1.51. The van der Waals surface area contributed by atoms with Crippen molar-refractivity contribution in [3.63, 3.8) is 0 Å².